The van der Waals surface area contributed by atoms with Crippen LogP contribution in [0.5, 0.6) is 0 Å². The van der Waals surface area contributed by atoms with Gasteiger partial charge >= 0.3 is 0 Å². The molecule has 3 unspecified atom stereocenters. The molecule has 0 aromatic carbocycles. The molecule has 7 nitrogen and oxygen atoms in total. The summed E-state index contributed by atoms with van der Waals surface area (Å²) in [7, 11) is 1.75. The number of rotatable bonds is 12. The van der Waals surface area contributed by atoms with Gasteiger partial charge in [-0.15, -0.1) is 24.9 Å². The third-order valence-corrected chi connectivity index (χ3v) is 10.3. The molecule has 3 fully saturated rings. The van der Waals surface area contributed by atoms with Gasteiger partial charge in [-0.05, 0) is 24.7 Å². The van der Waals surface area contributed by atoms with E-state index in [1.807, 2.05) is 18.7 Å². The van der Waals surface area contributed by atoms with Gasteiger partial charge in [0.1, 0.15) is 6.04 Å². The molecule has 7 atom stereocenters. The maximum absolute atomic E-state index is 14.3. The van der Waals surface area contributed by atoms with Crippen LogP contribution in [0.2, 0.25) is 0 Å². The third-order valence-electron chi connectivity index (χ3n) is 8.24. The van der Waals surface area contributed by atoms with Crippen molar-refractivity contribution in [1.29, 1.82) is 0 Å². The van der Waals surface area contributed by atoms with Gasteiger partial charge in [0.15, 0.2) is 0 Å². The van der Waals surface area contributed by atoms with E-state index in [4.69, 9.17) is 0 Å². The van der Waals surface area contributed by atoms with E-state index in [1.165, 1.54) is 0 Å². The van der Waals surface area contributed by atoms with Crippen molar-refractivity contribution in [2.24, 2.45) is 23.7 Å². The van der Waals surface area contributed by atoms with Crippen LogP contribution in [0.1, 0.15) is 47.0 Å². The van der Waals surface area contributed by atoms with Gasteiger partial charge < -0.3 is 19.8 Å². The van der Waals surface area contributed by atoms with Crippen LogP contribution in [0, 0.1) is 23.7 Å². The number of aliphatic hydroxyl groups excluding tert-OH is 1. The zero-order chi connectivity index (χ0) is 26.1. The van der Waals surface area contributed by atoms with E-state index in [0.717, 1.165) is 19.3 Å². The van der Waals surface area contributed by atoms with E-state index in [0.29, 0.717) is 19.6 Å². The maximum Gasteiger partial charge on any atom is 0.247 e. The fraction of sp³-hybridized carbons (Fsp3) is 0.741. The second-order valence-electron chi connectivity index (χ2n) is 10.7. The molecule has 1 N–H and O–H groups in total. The summed E-state index contributed by atoms with van der Waals surface area (Å²) < 4.78 is -0.678. The van der Waals surface area contributed by atoms with Crippen molar-refractivity contribution in [2.45, 2.75) is 69.0 Å². The largest absolute Gasteiger partial charge is 0.394 e. The molecule has 3 amide bonds. The van der Waals surface area contributed by atoms with Crippen LogP contribution in [-0.4, -0.2) is 92.9 Å². The highest BCUT2D eigenvalue weighted by Gasteiger charge is 2.77. The summed E-state index contributed by atoms with van der Waals surface area (Å²) in [6, 6.07) is -1.19. The number of likely N-dealkylation sites (N-methyl/N-ethyl adjacent to an activating group) is 1. The highest BCUT2D eigenvalue weighted by atomic mass is 32.2. The number of nitrogens with zero attached hydrogens (tertiary/aromatic N) is 3. The fourth-order valence-electron chi connectivity index (χ4n) is 6.51. The van der Waals surface area contributed by atoms with Crippen LogP contribution in [0.25, 0.3) is 0 Å². The van der Waals surface area contributed by atoms with Crippen molar-refractivity contribution in [1.82, 2.24) is 14.7 Å². The number of likely N-dealkylation sites (tertiary alicyclic amines) is 1. The number of carbonyl (C=O) groups is 3. The minimum absolute atomic E-state index is 0.00582. The molecule has 0 saturated carbocycles. The van der Waals surface area contributed by atoms with Gasteiger partial charge in [0, 0.05) is 31.9 Å². The predicted molar refractivity (Wildman–Crippen MR) is 141 cm³/mol. The first kappa shape index (κ1) is 27.8. The normalized spacial score (nSPS) is 32.0. The number of fused-ring (bicyclic) bond motifs is 1. The van der Waals surface area contributed by atoms with Crippen LogP contribution in [0.15, 0.2) is 25.3 Å². The summed E-state index contributed by atoms with van der Waals surface area (Å²) in [6.45, 7) is 17.0. The first-order valence-electron chi connectivity index (χ1n) is 13.0. The summed E-state index contributed by atoms with van der Waals surface area (Å²) in [5, 5.41) is 10.4. The van der Waals surface area contributed by atoms with Crippen molar-refractivity contribution in [2.75, 3.05) is 33.3 Å². The Labute approximate surface area is 215 Å². The highest BCUT2D eigenvalue weighted by Crippen LogP contribution is 2.69. The molecule has 0 aromatic rings. The quantitative estimate of drug-likeness (QED) is 0.413. The summed E-state index contributed by atoms with van der Waals surface area (Å²) in [4.78, 5) is 47.3. The Morgan fingerprint density at radius 1 is 1.26 bits per heavy atom. The first-order valence-corrected chi connectivity index (χ1v) is 13.9. The maximum atomic E-state index is 14.3. The van der Waals surface area contributed by atoms with Gasteiger partial charge in [-0.25, -0.2) is 0 Å². The van der Waals surface area contributed by atoms with Crippen LogP contribution in [-0.2, 0) is 14.4 Å². The molecule has 3 aliphatic rings. The number of hydrogen-bond acceptors (Lipinski definition) is 5. The van der Waals surface area contributed by atoms with Crippen LogP contribution < -0.4 is 0 Å². The van der Waals surface area contributed by atoms with Crippen molar-refractivity contribution in [3.63, 3.8) is 0 Å². The molecular formula is C27H43N3O4S. The van der Waals surface area contributed by atoms with Gasteiger partial charge in [-0.3, -0.25) is 14.4 Å². The monoisotopic (exact) mass is 505 g/mol. The Bertz CT molecular complexity index is 848. The summed E-state index contributed by atoms with van der Waals surface area (Å²) in [6.07, 6.45) is 6.03. The SMILES string of the molecule is C=CCN(C)C(=O)[C@@H]1[C@H]2C(=O)N([C@@H](CO)C(C)C)C(C(=O)N(CC=C)CCCC)C23S[C@@H]1CC3C. The van der Waals surface area contributed by atoms with Crippen molar-refractivity contribution < 1.29 is 19.5 Å². The number of aliphatic hydroxyl groups is 1. The van der Waals surface area contributed by atoms with Gasteiger partial charge in [-0.1, -0.05) is 46.3 Å². The van der Waals surface area contributed by atoms with Crippen LogP contribution in [0.4, 0.5) is 0 Å². The van der Waals surface area contributed by atoms with Gasteiger partial charge in [0.25, 0.3) is 0 Å². The van der Waals surface area contributed by atoms with E-state index in [9.17, 15) is 19.5 Å². The highest BCUT2D eigenvalue weighted by molar-refractivity contribution is 8.02. The minimum Gasteiger partial charge on any atom is -0.394 e. The average Bonchev–Trinajstić information content (AvgIpc) is 3.40. The Hall–Kier alpha value is -1.80. The summed E-state index contributed by atoms with van der Waals surface area (Å²) in [5.74, 6) is -1.27. The van der Waals surface area contributed by atoms with E-state index in [1.54, 1.807) is 40.8 Å². The Morgan fingerprint density at radius 2 is 1.91 bits per heavy atom. The Kier molecular flexibility index (Phi) is 8.79. The first-order chi connectivity index (χ1) is 16.6. The van der Waals surface area contributed by atoms with Crippen LogP contribution >= 0.6 is 11.8 Å². The lowest BCUT2D eigenvalue weighted by atomic mass is 9.65. The third kappa shape index (κ3) is 4.45. The Balaban J connectivity index is 2.13. The Morgan fingerprint density at radius 3 is 2.46 bits per heavy atom. The molecule has 3 heterocycles. The molecule has 0 aromatic heterocycles. The molecule has 3 saturated heterocycles. The fourth-order valence-corrected chi connectivity index (χ4v) is 8.90. The van der Waals surface area contributed by atoms with Gasteiger partial charge in [0.2, 0.25) is 17.7 Å². The van der Waals surface area contributed by atoms with E-state index >= 15 is 0 Å². The van der Waals surface area contributed by atoms with Crippen molar-refractivity contribution in [3.8, 4) is 0 Å². The smallest absolute Gasteiger partial charge is 0.247 e. The molecule has 3 rings (SSSR count). The number of hydrogen-bond donors (Lipinski definition) is 1. The molecule has 0 radical (unpaired) electrons. The zero-order valence-electron chi connectivity index (χ0n) is 22.0. The van der Waals surface area contributed by atoms with E-state index in [-0.39, 0.29) is 41.4 Å². The standard InChI is InChI=1S/C27H43N3O4S/c1-8-11-14-29(13-10-3)26(34)23-27-18(6)15-20(35-27)21(24(32)28(7)12-9-2)22(27)25(33)30(23)19(16-31)17(4)5/h9-10,17-23,31H,2-3,8,11-16H2,1,4-7H3/t18?,19-,20+,21-,22-,23?,27?/m0/s1. The zero-order valence-corrected chi connectivity index (χ0v) is 22.8. The van der Waals surface area contributed by atoms with Crippen molar-refractivity contribution in [3.05, 3.63) is 25.3 Å². The summed E-state index contributed by atoms with van der Waals surface area (Å²) in [5.41, 5.74) is 0. The molecule has 1 spiro atoms. The lowest BCUT2D eigenvalue weighted by Crippen LogP contribution is -2.60. The summed E-state index contributed by atoms with van der Waals surface area (Å²) >= 11 is 1.68. The molecular weight excluding hydrogens is 462 g/mol. The van der Waals surface area contributed by atoms with Crippen LogP contribution in [0.3, 0.4) is 0 Å². The second-order valence-corrected chi connectivity index (χ2v) is 12.3. The molecule has 35 heavy (non-hydrogen) atoms. The topological polar surface area (TPSA) is 81.2 Å². The molecule has 2 bridgehead atoms. The lowest BCUT2D eigenvalue weighted by molar-refractivity contribution is -0.147. The molecule has 196 valence electrons. The number of carbonyl (C=O) groups excluding carboxylic acids is 3. The molecule has 0 aliphatic carbocycles. The van der Waals surface area contributed by atoms with Gasteiger partial charge in [-0.2, -0.15) is 0 Å². The number of thioether (sulfide) groups is 1. The number of unbranched alkanes of at least 4 members (excludes halogenated alkanes) is 1. The second kappa shape index (κ2) is 11.1. The van der Waals surface area contributed by atoms with E-state index < -0.39 is 28.7 Å². The van der Waals surface area contributed by atoms with Gasteiger partial charge in [0.05, 0.1) is 29.2 Å². The minimum atomic E-state index is -0.705. The van der Waals surface area contributed by atoms with Crippen molar-refractivity contribution >= 4 is 29.5 Å². The molecule has 8 heteroatoms. The predicted octanol–water partition coefficient (Wildman–Crippen LogP) is 2.80. The molecule has 3 aliphatic heterocycles. The number of amides is 3. The average molecular weight is 506 g/mol. The van der Waals surface area contributed by atoms with E-state index in [2.05, 4.69) is 27.0 Å². The lowest BCUT2D eigenvalue weighted by Gasteiger charge is -2.43.